The molecule has 1 aromatic rings. The molecule has 0 fully saturated rings. The number of aryl methyl sites for hydroxylation is 1. The first-order valence-corrected chi connectivity index (χ1v) is 4.48. The first kappa shape index (κ1) is 9.27. The van der Waals surface area contributed by atoms with Crippen molar-refractivity contribution in [1.82, 2.24) is 0 Å². The van der Waals surface area contributed by atoms with Crippen LogP contribution in [0.3, 0.4) is 0 Å². The highest BCUT2D eigenvalue weighted by molar-refractivity contribution is 5.34. The van der Waals surface area contributed by atoms with Crippen LogP contribution in [0.1, 0.15) is 36.1 Å². The van der Waals surface area contributed by atoms with Crippen LogP contribution >= 0.6 is 0 Å². The van der Waals surface area contributed by atoms with E-state index in [2.05, 4.69) is 39.0 Å². The minimum Gasteiger partial charge on any atom is -0.324 e. The predicted octanol–water partition coefficient (Wildman–Crippen LogP) is 2.71. The van der Waals surface area contributed by atoms with Crippen LogP contribution in [0.25, 0.3) is 0 Å². The van der Waals surface area contributed by atoms with E-state index in [1.807, 2.05) is 0 Å². The van der Waals surface area contributed by atoms with Crippen LogP contribution in [0.5, 0.6) is 0 Å². The van der Waals surface area contributed by atoms with Gasteiger partial charge in [0.25, 0.3) is 0 Å². The smallest absolute Gasteiger partial charge is 0.0294 e. The van der Waals surface area contributed by atoms with E-state index in [1.165, 1.54) is 16.7 Å². The van der Waals surface area contributed by atoms with E-state index in [0.29, 0.717) is 0 Å². The third-order valence-electron chi connectivity index (χ3n) is 2.49. The molecule has 0 saturated carbocycles. The van der Waals surface area contributed by atoms with Crippen molar-refractivity contribution in [1.29, 1.82) is 0 Å². The van der Waals surface area contributed by atoms with Gasteiger partial charge in [-0.3, -0.25) is 0 Å². The van der Waals surface area contributed by atoms with Gasteiger partial charge in [-0.05, 0) is 37.0 Å². The number of benzene rings is 1. The van der Waals surface area contributed by atoms with Crippen LogP contribution in [0, 0.1) is 13.8 Å². The van der Waals surface area contributed by atoms with Crippen LogP contribution in [0.2, 0.25) is 0 Å². The molecule has 66 valence electrons. The Morgan fingerprint density at radius 2 is 2.00 bits per heavy atom. The van der Waals surface area contributed by atoms with Crippen molar-refractivity contribution in [3.8, 4) is 0 Å². The molecule has 0 heterocycles. The Balaban J connectivity index is 3.07. The molecule has 12 heavy (non-hydrogen) atoms. The van der Waals surface area contributed by atoms with Crippen molar-refractivity contribution >= 4 is 0 Å². The van der Waals surface area contributed by atoms with Crippen LogP contribution in [0.4, 0.5) is 0 Å². The van der Waals surface area contributed by atoms with Crippen molar-refractivity contribution in [2.75, 3.05) is 0 Å². The third-order valence-corrected chi connectivity index (χ3v) is 2.49. The zero-order valence-electron chi connectivity index (χ0n) is 8.09. The highest BCUT2D eigenvalue weighted by atomic mass is 14.6. The lowest BCUT2D eigenvalue weighted by Crippen LogP contribution is -2.10. The summed E-state index contributed by atoms with van der Waals surface area (Å²) in [6.45, 7) is 6.38. The maximum atomic E-state index is 5.96. The minimum absolute atomic E-state index is 0.199. The molecule has 2 N–H and O–H groups in total. The van der Waals surface area contributed by atoms with Gasteiger partial charge in [-0.15, -0.1) is 0 Å². The average molecular weight is 163 g/mol. The lowest BCUT2D eigenvalue weighted by Gasteiger charge is -2.13. The summed E-state index contributed by atoms with van der Waals surface area (Å²) in [5.41, 5.74) is 9.92. The summed E-state index contributed by atoms with van der Waals surface area (Å²) in [5.74, 6) is 0. The molecule has 1 atom stereocenters. The van der Waals surface area contributed by atoms with Gasteiger partial charge in [-0.1, -0.05) is 25.1 Å². The topological polar surface area (TPSA) is 26.0 Å². The SMILES string of the molecule is CC[C@@H](N)c1cccc(C)c1C. The Bertz CT molecular complexity index is 266. The lowest BCUT2D eigenvalue weighted by atomic mass is 9.97. The highest BCUT2D eigenvalue weighted by Gasteiger charge is 2.06. The molecule has 1 aromatic carbocycles. The fourth-order valence-electron chi connectivity index (χ4n) is 1.40. The van der Waals surface area contributed by atoms with Crippen molar-refractivity contribution in [2.45, 2.75) is 33.2 Å². The van der Waals surface area contributed by atoms with E-state index < -0.39 is 0 Å². The molecule has 0 aliphatic heterocycles. The van der Waals surface area contributed by atoms with E-state index in [1.54, 1.807) is 0 Å². The molecule has 0 radical (unpaired) electrons. The van der Waals surface area contributed by atoms with E-state index >= 15 is 0 Å². The fourth-order valence-corrected chi connectivity index (χ4v) is 1.40. The monoisotopic (exact) mass is 163 g/mol. The summed E-state index contributed by atoms with van der Waals surface area (Å²) >= 11 is 0. The zero-order chi connectivity index (χ0) is 9.14. The van der Waals surface area contributed by atoms with Crippen molar-refractivity contribution in [3.63, 3.8) is 0 Å². The molecule has 1 rings (SSSR count). The Morgan fingerprint density at radius 1 is 1.33 bits per heavy atom. The maximum absolute atomic E-state index is 5.96. The summed E-state index contributed by atoms with van der Waals surface area (Å²) in [7, 11) is 0. The Hall–Kier alpha value is -0.820. The Labute approximate surface area is 74.6 Å². The van der Waals surface area contributed by atoms with E-state index in [4.69, 9.17) is 5.73 Å². The molecule has 0 aliphatic carbocycles. The number of hydrogen-bond donors (Lipinski definition) is 1. The molecular formula is C11H17N. The van der Waals surface area contributed by atoms with Gasteiger partial charge in [0, 0.05) is 6.04 Å². The average Bonchev–Trinajstić information content (AvgIpc) is 2.08. The molecular weight excluding hydrogens is 146 g/mol. The van der Waals surface area contributed by atoms with Crippen molar-refractivity contribution < 1.29 is 0 Å². The first-order chi connectivity index (χ1) is 5.66. The minimum atomic E-state index is 0.199. The standard InChI is InChI=1S/C11H17N/c1-4-11(12)10-7-5-6-8(2)9(10)3/h5-7,11H,4,12H2,1-3H3/t11-/m1/s1. The molecule has 1 nitrogen and oxygen atoms in total. The summed E-state index contributed by atoms with van der Waals surface area (Å²) in [6, 6.07) is 6.52. The molecule has 0 amide bonds. The van der Waals surface area contributed by atoms with E-state index in [9.17, 15) is 0 Å². The number of nitrogens with two attached hydrogens (primary N) is 1. The molecule has 0 unspecified atom stereocenters. The summed E-state index contributed by atoms with van der Waals surface area (Å²) in [6.07, 6.45) is 1.00. The van der Waals surface area contributed by atoms with Gasteiger partial charge in [-0.2, -0.15) is 0 Å². The highest BCUT2D eigenvalue weighted by Crippen LogP contribution is 2.20. The van der Waals surface area contributed by atoms with Crippen LogP contribution in [-0.4, -0.2) is 0 Å². The van der Waals surface area contributed by atoms with Gasteiger partial charge in [0.15, 0.2) is 0 Å². The summed E-state index contributed by atoms with van der Waals surface area (Å²) in [4.78, 5) is 0. The number of hydrogen-bond acceptors (Lipinski definition) is 1. The van der Waals surface area contributed by atoms with Crippen LogP contribution in [0.15, 0.2) is 18.2 Å². The van der Waals surface area contributed by atoms with Crippen molar-refractivity contribution in [3.05, 3.63) is 34.9 Å². The second-order valence-corrected chi connectivity index (χ2v) is 3.30. The van der Waals surface area contributed by atoms with Gasteiger partial charge < -0.3 is 5.73 Å². The molecule has 0 aliphatic rings. The van der Waals surface area contributed by atoms with Gasteiger partial charge in [0.05, 0.1) is 0 Å². The van der Waals surface area contributed by atoms with Gasteiger partial charge in [0.1, 0.15) is 0 Å². The van der Waals surface area contributed by atoms with E-state index in [0.717, 1.165) is 6.42 Å². The molecule has 0 bridgehead atoms. The second-order valence-electron chi connectivity index (χ2n) is 3.30. The molecule has 0 spiro atoms. The van der Waals surface area contributed by atoms with Gasteiger partial charge in [-0.25, -0.2) is 0 Å². The number of rotatable bonds is 2. The fraction of sp³-hybridized carbons (Fsp3) is 0.455. The van der Waals surface area contributed by atoms with Crippen LogP contribution in [-0.2, 0) is 0 Å². The third kappa shape index (κ3) is 1.67. The molecule has 1 heteroatoms. The van der Waals surface area contributed by atoms with Gasteiger partial charge in [0.2, 0.25) is 0 Å². The maximum Gasteiger partial charge on any atom is 0.0294 e. The normalized spacial score (nSPS) is 13.0. The quantitative estimate of drug-likeness (QED) is 0.712. The Morgan fingerprint density at radius 3 is 2.58 bits per heavy atom. The lowest BCUT2D eigenvalue weighted by molar-refractivity contribution is 0.693. The first-order valence-electron chi connectivity index (χ1n) is 4.48. The van der Waals surface area contributed by atoms with Crippen molar-refractivity contribution in [2.24, 2.45) is 5.73 Å². The Kier molecular flexibility index (Phi) is 2.88. The van der Waals surface area contributed by atoms with Gasteiger partial charge >= 0.3 is 0 Å². The van der Waals surface area contributed by atoms with Crippen LogP contribution < -0.4 is 5.73 Å². The zero-order valence-corrected chi connectivity index (χ0v) is 8.09. The second kappa shape index (κ2) is 3.72. The summed E-state index contributed by atoms with van der Waals surface area (Å²) in [5, 5.41) is 0. The van der Waals surface area contributed by atoms with E-state index in [-0.39, 0.29) is 6.04 Å². The summed E-state index contributed by atoms with van der Waals surface area (Å²) < 4.78 is 0. The molecule has 0 aromatic heterocycles. The largest absolute Gasteiger partial charge is 0.324 e. The molecule has 0 saturated heterocycles. The predicted molar refractivity (Wildman–Crippen MR) is 53.1 cm³/mol.